The van der Waals surface area contributed by atoms with E-state index < -0.39 is 0 Å². The molecule has 1 saturated heterocycles. The Morgan fingerprint density at radius 3 is 2.50 bits per heavy atom. The van der Waals surface area contributed by atoms with Gasteiger partial charge in [0.25, 0.3) is 0 Å². The van der Waals surface area contributed by atoms with E-state index in [0.717, 1.165) is 43.3 Å². The molecule has 4 heteroatoms. The maximum atomic E-state index is 6.76. The quantitative estimate of drug-likeness (QED) is 0.874. The SMILES string of the molecule is COc1cc2c(cc1OC)[C@@H]1C[C@H](N)[C@@H](c3cccc(C4CC4)c3)CN1CC2. The summed E-state index contributed by atoms with van der Waals surface area (Å²) in [5, 5.41) is 0. The Kier molecular flexibility index (Phi) is 4.56. The highest BCUT2D eigenvalue weighted by Gasteiger charge is 2.39. The number of benzene rings is 2. The number of methoxy groups -OCH3 is 2. The molecule has 3 aliphatic rings. The maximum absolute atomic E-state index is 6.76. The largest absolute Gasteiger partial charge is 0.493 e. The Hall–Kier alpha value is -2.04. The highest BCUT2D eigenvalue weighted by molar-refractivity contribution is 5.50. The zero-order valence-corrected chi connectivity index (χ0v) is 16.9. The molecule has 0 amide bonds. The van der Waals surface area contributed by atoms with Crippen LogP contribution < -0.4 is 15.2 Å². The maximum Gasteiger partial charge on any atom is 0.161 e. The van der Waals surface area contributed by atoms with E-state index in [-0.39, 0.29) is 6.04 Å². The van der Waals surface area contributed by atoms with Crippen molar-refractivity contribution in [3.05, 3.63) is 58.7 Å². The number of rotatable bonds is 4. The van der Waals surface area contributed by atoms with Gasteiger partial charge in [-0.15, -0.1) is 0 Å². The average molecular weight is 379 g/mol. The molecule has 3 atom stereocenters. The van der Waals surface area contributed by atoms with Gasteiger partial charge in [0.1, 0.15) is 0 Å². The number of nitrogens with two attached hydrogens (primary N) is 1. The second kappa shape index (κ2) is 7.09. The van der Waals surface area contributed by atoms with Crippen LogP contribution in [0.1, 0.15) is 59.4 Å². The van der Waals surface area contributed by atoms with Crippen molar-refractivity contribution in [2.24, 2.45) is 5.73 Å². The van der Waals surface area contributed by atoms with E-state index in [0.29, 0.717) is 12.0 Å². The van der Waals surface area contributed by atoms with Gasteiger partial charge in [0.15, 0.2) is 11.5 Å². The molecule has 1 aliphatic carbocycles. The molecule has 0 spiro atoms. The van der Waals surface area contributed by atoms with E-state index in [1.807, 2.05) is 0 Å². The Bertz CT molecular complexity index is 877. The van der Waals surface area contributed by atoms with Crippen LogP contribution in [0.2, 0.25) is 0 Å². The van der Waals surface area contributed by atoms with Crippen LogP contribution in [-0.4, -0.2) is 38.3 Å². The molecule has 0 unspecified atom stereocenters. The Labute approximate surface area is 167 Å². The molecule has 2 heterocycles. The fourth-order valence-corrected chi connectivity index (χ4v) is 5.20. The van der Waals surface area contributed by atoms with Gasteiger partial charge in [0.05, 0.1) is 14.2 Å². The summed E-state index contributed by atoms with van der Waals surface area (Å²) < 4.78 is 11.1. The van der Waals surface area contributed by atoms with Crippen LogP contribution in [0.5, 0.6) is 11.5 Å². The molecule has 2 fully saturated rings. The van der Waals surface area contributed by atoms with Gasteiger partial charge in [0.2, 0.25) is 0 Å². The predicted octanol–water partition coefficient (Wildman–Crippen LogP) is 4.00. The fraction of sp³-hybridized carbons (Fsp3) is 0.500. The van der Waals surface area contributed by atoms with Crippen molar-refractivity contribution in [3.63, 3.8) is 0 Å². The van der Waals surface area contributed by atoms with E-state index in [2.05, 4.69) is 41.3 Å². The molecule has 2 N–H and O–H groups in total. The molecule has 4 nitrogen and oxygen atoms in total. The van der Waals surface area contributed by atoms with Crippen LogP contribution in [0.3, 0.4) is 0 Å². The smallest absolute Gasteiger partial charge is 0.161 e. The Morgan fingerprint density at radius 1 is 1.00 bits per heavy atom. The molecular formula is C24H30N2O2. The van der Waals surface area contributed by atoms with E-state index in [4.69, 9.17) is 15.2 Å². The van der Waals surface area contributed by atoms with Crippen molar-refractivity contribution in [1.29, 1.82) is 0 Å². The van der Waals surface area contributed by atoms with E-state index in [1.54, 1.807) is 14.2 Å². The predicted molar refractivity (Wildman–Crippen MR) is 111 cm³/mol. The first-order valence-corrected chi connectivity index (χ1v) is 10.5. The van der Waals surface area contributed by atoms with Gasteiger partial charge in [0, 0.05) is 31.1 Å². The summed E-state index contributed by atoms with van der Waals surface area (Å²) in [6, 6.07) is 14.1. The van der Waals surface area contributed by atoms with Crippen LogP contribution in [0, 0.1) is 0 Å². The molecule has 0 aromatic heterocycles. The summed E-state index contributed by atoms with van der Waals surface area (Å²) in [6.45, 7) is 2.12. The topological polar surface area (TPSA) is 47.7 Å². The molecule has 1 saturated carbocycles. The molecule has 5 rings (SSSR count). The molecule has 148 valence electrons. The highest BCUT2D eigenvalue weighted by atomic mass is 16.5. The molecule has 0 radical (unpaired) electrons. The van der Waals surface area contributed by atoms with Crippen molar-refractivity contribution < 1.29 is 9.47 Å². The zero-order chi connectivity index (χ0) is 19.3. The van der Waals surface area contributed by atoms with Crippen molar-refractivity contribution in [1.82, 2.24) is 4.90 Å². The number of fused-ring (bicyclic) bond motifs is 3. The van der Waals surface area contributed by atoms with Crippen molar-refractivity contribution >= 4 is 0 Å². The first kappa shape index (κ1) is 18.0. The first-order chi connectivity index (χ1) is 13.7. The third-order valence-corrected chi connectivity index (χ3v) is 6.94. The fourth-order valence-electron chi connectivity index (χ4n) is 5.20. The van der Waals surface area contributed by atoms with Crippen LogP contribution in [-0.2, 0) is 6.42 Å². The zero-order valence-electron chi connectivity index (χ0n) is 16.9. The standard InChI is InChI=1S/C24H30N2O2/c1-27-23-11-18-8-9-26-14-20(17-5-3-4-16(10-17)15-6-7-15)21(25)13-22(26)19(18)12-24(23)28-2/h3-5,10-12,15,20-22H,6-9,13-14,25H2,1-2H3/t20-,21+,22+/m1/s1. The summed E-state index contributed by atoms with van der Waals surface area (Å²) >= 11 is 0. The first-order valence-electron chi connectivity index (χ1n) is 10.5. The number of hydrogen-bond acceptors (Lipinski definition) is 4. The highest BCUT2D eigenvalue weighted by Crippen LogP contribution is 2.45. The van der Waals surface area contributed by atoms with Crippen molar-refractivity contribution in [2.45, 2.75) is 49.6 Å². The lowest BCUT2D eigenvalue weighted by molar-refractivity contribution is 0.109. The van der Waals surface area contributed by atoms with Gasteiger partial charge in [-0.05, 0) is 66.0 Å². The molecule has 28 heavy (non-hydrogen) atoms. The molecule has 2 aromatic carbocycles. The van der Waals surface area contributed by atoms with Crippen LogP contribution in [0.4, 0.5) is 0 Å². The molecular weight excluding hydrogens is 348 g/mol. The average Bonchev–Trinajstić information content (AvgIpc) is 3.57. The third-order valence-electron chi connectivity index (χ3n) is 6.94. The minimum Gasteiger partial charge on any atom is -0.493 e. The van der Waals surface area contributed by atoms with Crippen molar-refractivity contribution in [2.75, 3.05) is 27.3 Å². The van der Waals surface area contributed by atoms with Gasteiger partial charge >= 0.3 is 0 Å². The summed E-state index contributed by atoms with van der Waals surface area (Å²) in [5.41, 5.74) is 12.4. The van der Waals surface area contributed by atoms with Gasteiger partial charge < -0.3 is 15.2 Å². The summed E-state index contributed by atoms with van der Waals surface area (Å²) in [4.78, 5) is 2.63. The Balaban J connectivity index is 1.43. The van der Waals surface area contributed by atoms with Crippen molar-refractivity contribution in [3.8, 4) is 11.5 Å². The number of nitrogens with zero attached hydrogens (tertiary/aromatic N) is 1. The number of ether oxygens (including phenoxy) is 2. The normalized spacial score (nSPS) is 27.0. The van der Waals surface area contributed by atoms with Gasteiger partial charge in [-0.25, -0.2) is 0 Å². The van der Waals surface area contributed by atoms with E-state index in [9.17, 15) is 0 Å². The Morgan fingerprint density at radius 2 is 1.75 bits per heavy atom. The number of hydrogen-bond donors (Lipinski definition) is 1. The third kappa shape index (κ3) is 3.09. The lowest BCUT2D eigenvalue weighted by atomic mass is 9.78. The van der Waals surface area contributed by atoms with Gasteiger partial charge in [-0.2, -0.15) is 0 Å². The second-order valence-corrected chi connectivity index (χ2v) is 8.62. The lowest BCUT2D eigenvalue weighted by Crippen LogP contribution is -2.49. The minimum atomic E-state index is 0.176. The van der Waals surface area contributed by atoms with Crippen LogP contribution >= 0.6 is 0 Å². The lowest BCUT2D eigenvalue weighted by Gasteiger charge is -2.46. The van der Waals surface area contributed by atoms with Crippen LogP contribution in [0.15, 0.2) is 36.4 Å². The molecule has 2 aromatic rings. The summed E-state index contributed by atoms with van der Waals surface area (Å²) in [6.07, 6.45) is 4.73. The molecule has 0 bridgehead atoms. The van der Waals surface area contributed by atoms with E-state index in [1.165, 1.54) is 35.1 Å². The van der Waals surface area contributed by atoms with E-state index >= 15 is 0 Å². The van der Waals surface area contributed by atoms with Gasteiger partial charge in [-0.3, -0.25) is 4.90 Å². The molecule has 2 aliphatic heterocycles. The summed E-state index contributed by atoms with van der Waals surface area (Å²) in [5.74, 6) is 2.84. The minimum absolute atomic E-state index is 0.176. The summed E-state index contributed by atoms with van der Waals surface area (Å²) in [7, 11) is 3.41. The van der Waals surface area contributed by atoms with Gasteiger partial charge in [-0.1, -0.05) is 24.3 Å². The second-order valence-electron chi connectivity index (χ2n) is 8.62. The number of piperidine rings is 1. The monoisotopic (exact) mass is 378 g/mol. The van der Waals surface area contributed by atoms with Crippen LogP contribution in [0.25, 0.3) is 0 Å².